The Labute approximate surface area is 131 Å². The molecule has 7 nitrogen and oxygen atoms in total. The van der Waals surface area contributed by atoms with Crippen LogP contribution in [0.25, 0.3) is 0 Å². The van der Waals surface area contributed by atoms with E-state index in [9.17, 15) is 4.79 Å². The second kappa shape index (κ2) is 8.79. The van der Waals surface area contributed by atoms with Gasteiger partial charge in [-0.05, 0) is 38.6 Å². The van der Waals surface area contributed by atoms with Gasteiger partial charge in [-0.25, -0.2) is 0 Å². The van der Waals surface area contributed by atoms with Gasteiger partial charge in [0.25, 0.3) is 0 Å². The molecule has 1 saturated heterocycles. The predicted octanol–water partition coefficient (Wildman–Crippen LogP) is -0.396. The zero-order valence-electron chi connectivity index (χ0n) is 13.1. The molecule has 1 amide bonds. The van der Waals surface area contributed by atoms with E-state index in [-0.39, 0.29) is 43.1 Å². The Bertz CT molecular complexity index is 356. The number of hydrogen-bond acceptors (Lipinski definition) is 6. The lowest BCUT2D eigenvalue weighted by molar-refractivity contribution is -0.175. The smallest absolute Gasteiger partial charge is 0.220 e. The summed E-state index contributed by atoms with van der Waals surface area (Å²) in [6.45, 7) is 0.554. The number of aliphatic hydroxyl groups excluding tert-OH is 1. The molecule has 1 aliphatic carbocycles. The maximum atomic E-state index is 11.8. The third-order valence-corrected chi connectivity index (χ3v) is 4.29. The minimum atomic E-state index is -0.263. The second-order valence-corrected chi connectivity index (χ2v) is 6.33. The topological polar surface area (TPSA) is 120 Å². The van der Waals surface area contributed by atoms with Gasteiger partial charge in [0, 0.05) is 24.9 Å². The average Bonchev–Trinajstić information content (AvgIpc) is 2.92. The van der Waals surface area contributed by atoms with Crippen LogP contribution in [0.1, 0.15) is 44.9 Å². The van der Waals surface area contributed by atoms with Crippen LogP contribution in [0.3, 0.4) is 0 Å². The van der Waals surface area contributed by atoms with Gasteiger partial charge < -0.3 is 31.4 Å². The van der Waals surface area contributed by atoms with E-state index < -0.39 is 0 Å². The highest BCUT2D eigenvalue weighted by Gasteiger charge is 2.33. The molecule has 1 saturated carbocycles. The number of carbonyl (C=O) groups excluding carboxylic acids is 1. The molecule has 0 aromatic rings. The molecule has 2 aliphatic rings. The van der Waals surface area contributed by atoms with Gasteiger partial charge in [-0.3, -0.25) is 4.79 Å². The van der Waals surface area contributed by atoms with E-state index in [2.05, 4.69) is 5.32 Å². The van der Waals surface area contributed by atoms with Gasteiger partial charge in [-0.2, -0.15) is 0 Å². The van der Waals surface area contributed by atoms with E-state index in [4.69, 9.17) is 26.0 Å². The number of nitrogens with one attached hydrogen (secondary N) is 1. The predicted molar refractivity (Wildman–Crippen MR) is 81.9 cm³/mol. The molecule has 128 valence electrons. The van der Waals surface area contributed by atoms with Crippen molar-refractivity contribution in [2.45, 2.75) is 75.5 Å². The van der Waals surface area contributed by atoms with Crippen LogP contribution in [0.5, 0.6) is 0 Å². The van der Waals surface area contributed by atoms with Gasteiger partial charge in [0.15, 0.2) is 6.29 Å². The maximum absolute atomic E-state index is 11.8. The average molecular weight is 315 g/mol. The largest absolute Gasteiger partial charge is 0.394 e. The fourth-order valence-corrected chi connectivity index (χ4v) is 3.22. The van der Waals surface area contributed by atoms with E-state index in [0.717, 1.165) is 32.1 Å². The number of nitrogens with two attached hydrogens (primary N) is 2. The van der Waals surface area contributed by atoms with Crippen LogP contribution in [0.2, 0.25) is 0 Å². The molecule has 1 heterocycles. The summed E-state index contributed by atoms with van der Waals surface area (Å²) in [7, 11) is 0. The molecule has 7 heteroatoms. The van der Waals surface area contributed by atoms with Gasteiger partial charge in [-0.15, -0.1) is 0 Å². The normalized spacial score (nSPS) is 35.5. The van der Waals surface area contributed by atoms with Gasteiger partial charge in [0.2, 0.25) is 5.91 Å². The maximum Gasteiger partial charge on any atom is 0.220 e. The minimum absolute atomic E-state index is 0.00833. The highest BCUT2D eigenvalue weighted by atomic mass is 16.7. The highest BCUT2D eigenvalue weighted by Crippen LogP contribution is 2.27. The summed E-state index contributed by atoms with van der Waals surface area (Å²) in [5.74, 6) is 0.0285. The van der Waals surface area contributed by atoms with Crippen LogP contribution < -0.4 is 16.8 Å². The van der Waals surface area contributed by atoms with Crippen LogP contribution in [0.4, 0.5) is 0 Å². The molecule has 0 bridgehead atoms. The Balaban J connectivity index is 1.76. The molecule has 6 N–H and O–H groups in total. The fraction of sp³-hybridized carbons (Fsp3) is 0.933. The Kier molecular flexibility index (Phi) is 7.04. The van der Waals surface area contributed by atoms with E-state index in [1.807, 2.05) is 0 Å². The zero-order valence-corrected chi connectivity index (χ0v) is 13.1. The van der Waals surface area contributed by atoms with Gasteiger partial charge in [0.05, 0.1) is 18.8 Å². The first-order valence-corrected chi connectivity index (χ1v) is 8.27. The van der Waals surface area contributed by atoms with Gasteiger partial charge >= 0.3 is 0 Å². The van der Waals surface area contributed by atoms with Crippen molar-refractivity contribution < 1.29 is 19.4 Å². The van der Waals surface area contributed by atoms with Crippen LogP contribution in [-0.4, -0.2) is 54.7 Å². The van der Waals surface area contributed by atoms with E-state index in [0.29, 0.717) is 19.4 Å². The third kappa shape index (κ3) is 5.48. The summed E-state index contributed by atoms with van der Waals surface area (Å²) in [5.41, 5.74) is 11.5. The minimum Gasteiger partial charge on any atom is -0.394 e. The number of amides is 1. The summed E-state index contributed by atoms with van der Waals surface area (Å²) in [6, 6.07) is 0.0719. The molecule has 1 aliphatic heterocycles. The first kappa shape index (κ1) is 17.6. The fourth-order valence-electron chi connectivity index (χ4n) is 3.22. The summed E-state index contributed by atoms with van der Waals surface area (Å²) < 4.78 is 11.6. The Hall–Kier alpha value is -0.730. The molecule has 2 fully saturated rings. The van der Waals surface area contributed by atoms with Crippen LogP contribution in [0, 0.1) is 0 Å². The van der Waals surface area contributed by atoms with Crippen molar-refractivity contribution in [3.05, 3.63) is 0 Å². The molecule has 0 spiro atoms. The quantitative estimate of drug-likeness (QED) is 0.507. The summed E-state index contributed by atoms with van der Waals surface area (Å²) in [4.78, 5) is 11.8. The number of ether oxygens (including phenoxy) is 2. The Morgan fingerprint density at radius 2 is 2.14 bits per heavy atom. The lowest BCUT2D eigenvalue weighted by atomic mass is 9.89. The highest BCUT2D eigenvalue weighted by molar-refractivity contribution is 5.76. The van der Waals surface area contributed by atoms with Crippen molar-refractivity contribution in [1.29, 1.82) is 0 Å². The number of rotatable bonds is 7. The number of aliphatic hydroxyl groups is 1. The van der Waals surface area contributed by atoms with Crippen LogP contribution in [0.15, 0.2) is 0 Å². The number of carbonyl (C=O) groups is 1. The van der Waals surface area contributed by atoms with E-state index >= 15 is 0 Å². The first-order chi connectivity index (χ1) is 10.6. The molecule has 22 heavy (non-hydrogen) atoms. The lowest BCUT2D eigenvalue weighted by Crippen LogP contribution is -2.48. The molecule has 0 aromatic heterocycles. The van der Waals surface area contributed by atoms with Crippen molar-refractivity contribution >= 4 is 5.91 Å². The molecular weight excluding hydrogens is 286 g/mol. The summed E-state index contributed by atoms with van der Waals surface area (Å²) >= 11 is 0. The Morgan fingerprint density at radius 3 is 2.82 bits per heavy atom. The van der Waals surface area contributed by atoms with Crippen molar-refractivity contribution in [1.82, 2.24) is 5.32 Å². The number of hydrogen-bond donors (Lipinski definition) is 4. The van der Waals surface area contributed by atoms with E-state index in [1.54, 1.807) is 0 Å². The van der Waals surface area contributed by atoms with Crippen LogP contribution >= 0.6 is 0 Å². The summed E-state index contributed by atoms with van der Waals surface area (Å²) in [6.07, 6.45) is 4.69. The SMILES string of the molecule is NCCCC(=O)NC1CC(N)CC(OC2CCC(CO)O2)C1. The van der Waals surface area contributed by atoms with Crippen molar-refractivity contribution in [2.24, 2.45) is 11.5 Å². The molecule has 5 unspecified atom stereocenters. The van der Waals surface area contributed by atoms with Gasteiger partial charge in [-0.1, -0.05) is 0 Å². The second-order valence-electron chi connectivity index (χ2n) is 6.33. The summed E-state index contributed by atoms with van der Waals surface area (Å²) in [5, 5.41) is 12.1. The third-order valence-electron chi connectivity index (χ3n) is 4.29. The molecule has 0 aromatic carbocycles. The molecule has 2 rings (SSSR count). The van der Waals surface area contributed by atoms with Gasteiger partial charge in [0.1, 0.15) is 0 Å². The monoisotopic (exact) mass is 315 g/mol. The molecule has 0 radical (unpaired) electrons. The van der Waals surface area contributed by atoms with E-state index in [1.165, 1.54) is 0 Å². The standard InChI is InChI=1S/C15H29N3O4/c16-5-1-2-14(20)18-11-6-10(17)7-13(8-11)22-15-4-3-12(9-19)21-15/h10-13,15,19H,1-9,16-17H2,(H,18,20). The Morgan fingerprint density at radius 1 is 1.32 bits per heavy atom. The lowest BCUT2D eigenvalue weighted by Gasteiger charge is -2.34. The van der Waals surface area contributed by atoms with Crippen molar-refractivity contribution in [3.63, 3.8) is 0 Å². The zero-order chi connectivity index (χ0) is 15.9. The van der Waals surface area contributed by atoms with Crippen LogP contribution in [-0.2, 0) is 14.3 Å². The van der Waals surface area contributed by atoms with Crippen molar-refractivity contribution in [3.8, 4) is 0 Å². The van der Waals surface area contributed by atoms with Crippen molar-refractivity contribution in [2.75, 3.05) is 13.2 Å². The molecule has 5 atom stereocenters. The first-order valence-electron chi connectivity index (χ1n) is 8.27. The molecular formula is C15H29N3O4.